The molecular weight excluding hydrogens is 256 g/mol. The molecule has 0 aliphatic rings. The van der Waals surface area contributed by atoms with Gasteiger partial charge >= 0.3 is 6.09 Å². The van der Waals surface area contributed by atoms with Crippen LogP contribution in [0.5, 0.6) is 0 Å². The molecule has 0 aliphatic carbocycles. The van der Waals surface area contributed by atoms with Crippen molar-refractivity contribution in [3.8, 4) is 0 Å². The molecule has 5 nitrogen and oxygen atoms in total. The highest BCUT2D eigenvalue weighted by Gasteiger charge is 2.16. The van der Waals surface area contributed by atoms with Gasteiger partial charge in [-0.15, -0.1) is 0 Å². The highest BCUT2D eigenvalue weighted by atomic mass is 16.6. The number of likely N-dealkylation sites (N-methyl/N-ethyl adjacent to an activating group) is 1. The van der Waals surface area contributed by atoms with Gasteiger partial charge in [-0.2, -0.15) is 0 Å². The van der Waals surface area contributed by atoms with Crippen LogP contribution < -0.4 is 5.32 Å². The van der Waals surface area contributed by atoms with E-state index in [0.29, 0.717) is 18.8 Å². The van der Waals surface area contributed by atoms with Crippen LogP contribution in [0.1, 0.15) is 26.3 Å². The van der Waals surface area contributed by atoms with Crippen molar-refractivity contribution in [3.63, 3.8) is 0 Å². The van der Waals surface area contributed by atoms with Crippen LogP contribution >= 0.6 is 0 Å². The average molecular weight is 280 g/mol. The topological polar surface area (TPSA) is 61.8 Å². The van der Waals surface area contributed by atoms with E-state index in [1.165, 1.54) is 0 Å². The van der Waals surface area contributed by atoms with Crippen LogP contribution in [0.15, 0.2) is 24.3 Å². The number of nitrogens with one attached hydrogen (secondary N) is 1. The first-order chi connectivity index (χ1) is 9.30. The van der Waals surface area contributed by atoms with Gasteiger partial charge in [-0.1, -0.05) is 12.1 Å². The van der Waals surface area contributed by atoms with Crippen LogP contribution in [0.3, 0.4) is 0 Å². The molecule has 2 N–H and O–H groups in total. The number of rotatable bonds is 5. The van der Waals surface area contributed by atoms with Crippen LogP contribution in [0, 0.1) is 0 Å². The Morgan fingerprint density at radius 1 is 1.40 bits per heavy atom. The Morgan fingerprint density at radius 3 is 2.70 bits per heavy atom. The van der Waals surface area contributed by atoms with Gasteiger partial charge < -0.3 is 9.84 Å². The predicted octanol–water partition coefficient (Wildman–Crippen LogP) is 2.46. The van der Waals surface area contributed by atoms with Gasteiger partial charge in [0, 0.05) is 18.8 Å². The molecule has 5 heteroatoms. The van der Waals surface area contributed by atoms with E-state index in [0.717, 1.165) is 5.56 Å². The van der Waals surface area contributed by atoms with Gasteiger partial charge in [0.1, 0.15) is 5.60 Å². The van der Waals surface area contributed by atoms with E-state index in [1.807, 2.05) is 57.0 Å². The van der Waals surface area contributed by atoms with E-state index in [1.54, 1.807) is 0 Å². The highest BCUT2D eigenvalue weighted by molar-refractivity contribution is 5.84. The zero-order chi connectivity index (χ0) is 15.2. The molecule has 1 amide bonds. The number of amides is 1. The molecule has 0 spiro atoms. The van der Waals surface area contributed by atoms with Crippen molar-refractivity contribution in [1.29, 1.82) is 0 Å². The summed E-state index contributed by atoms with van der Waals surface area (Å²) in [6.45, 7) is 6.94. The number of nitrogens with zero attached hydrogens (tertiary/aromatic N) is 1. The Morgan fingerprint density at radius 2 is 2.10 bits per heavy atom. The van der Waals surface area contributed by atoms with Gasteiger partial charge in [-0.05, 0) is 45.5 Å². The predicted molar refractivity (Wildman–Crippen MR) is 79.7 cm³/mol. The third-order valence-corrected chi connectivity index (χ3v) is 2.51. The van der Waals surface area contributed by atoms with Crippen molar-refractivity contribution in [2.45, 2.75) is 32.9 Å². The van der Waals surface area contributed by atoms with Crippen molar-refractivity contribution in [1.82, 2.24) is 4.90 Å². The average Bonchev–Trinajstić information content (AvgIpc) is 2.26. The summed E-state index contributed by atoms with van der Waals surface area (Å²) in [6.07, 6.45) is -0.460. The number of carbonyl (C=O) groups is 1. The number of carbonyl (C=O) groups excluding carboxylic acids is 1. The van der Waals surface area contributed by atoms with Gasteiger partial charge in [-0.25, -0.2) is 4.79 Å². The van der Waals surface area contributed by atoms with E-state index >= 15 is 0 Å². The monoisotopic (exact) mass is 280 g/mol. The molecule has 0 saturated carbocycles. The van der Waals surface area contributed by atoms with Crippen LogP contribution in [-0.4, -0.2) is 41.9 Å². The van der Waals surface area contributed by atoms with Crippen molar-refractivity contribution in [3.05, 3.63) is 29.8 Å². The number of ether oxygens (including phenoxy) is 1. The summed E-state index contributed by atoms with van der Waals surface area (Å²) in [5.41, 5.74) is 1.26. The summed E-state index contributed by atoms with van der Waals surface area (Å²) < 4.78 is 5.21. The summed E-state index contributed by atoms with van der Waals surface area (Å²) in [4.78, 5) is 13.7. The fourth-order valence-electron chi connectivity index (χ4n) is 1.73. The van der Waals surface area contributed by atoms with Crippen LogP contribution in [0.4, 0.5) is 10.5 Å². The lowest BCUT2D eigenvalue weighted by molar-refractivity contribution is 0.0636. The van der Waals surface area contributed by atoms with E-state index in [9.17, 15) is 4.79 Å². The Kier molecular flexibility index (Phi) is 5.98. The van der Waals surface area contributed by atoms with Gasteiger partial charge in [-0.3, -0.25) is 10.2 Å². The van der Waals surface area contributed by atoms with Gasteiger partial charge in [0.15, 0.2) is 0 Å². The smallest absolute Gasteiger partial charge is 0.412 e. The quantitative estimate of drug-likeness (QED) is 0.869. The molecule has 1 aromatic carbocycles. The van der Waals surface area contributed by atoms with E-state index in [2.05, 4.69) is 5.32 Å². The maximum atomic E-state index is 11.7. The maximum absolute atomic E-state index is 11.7. The molecule has 0 atom stereocenters. The fourth-order valence-corrected chi connectivity index (χ4v) is 1.73. The highest BCUT2D eigenvalue weighted by Crippen LogP contribution is 2.14. The molecule has 0 fully saturated rings. The minimum Gasteiger partial charge on any atom is -0.444 e. The van der Waals surface area contributed by atoms with E-state index < -0.39 is 11.7 Å². The van der Waals surface area contributed by atoms with Gasteiger partial charge in [0.25, 0.3) is 0 Å². The Bertz CT molecular complexity index is 441. The molecule has 0 aromatic heterocycles. The Hall–Kier alpha value is -1.59. The molecular formula is C15H24N2O3. The van der Waals surface area contributed by atoms with Crippen LogP contribution in [0.25, 0.3) is 0 Å². The first kappa shape index (κ1) is 16.5. The van der Waals surface area contributed by atoms with Gasteiger partial charge in [0.2, 0.25) is 0 Å². The number of hydrogen-bond acceptors (Lipinski definition) is 4. The number of aliphatic hydroxyl groups is 1. The first-order valence-electron chi connectivity index (χ1n) is 6.68. The minimum absolute atomic E-state index is 0.131. The number of anilines is 1. The second kappa shape index (κ2) is 7.26. The van der Waals surface area contributed by atoms with Crippen molar-refractivity contribution in [2.24, 2.45) is 0 Å². The Balaban J connectivity index is 2.62. The summed E-state index contributed by atoms with van der Waals surface area (Å²) in [6, 6.07) is 7.58. The summed E-state index contributed by atoms with van der Waals surface area (Å²) >= 11 is 0. The second-order valence-corrected chi connectivity index (χ2v) is 5.79. The van der Waals surface area contributed by atoms with Crippen molar-refractivity contribution in [2.75, 3.05) is 25.5 Å². The first-order valence-corrected chi connectivity index (χ1v) is 6.68. The van der Waals surface area contributed by atoms with Crippen molar-refractivity contribution < 1.29 is 14.6 Å². The van der Waals surface area contributed by atoms with Crippen LogP contribution in [0.2, 0.25) is 0 Å². The maximum Gasteiger partial charge on any atom is 0.412 e. The largest absolute Gasteiger partial charge is 0.444 e. The molecule has 1 rings (SSSR count). The molecule has 20 heavy (non-hydrogen) atoms. The third-order valence-electron chi connectivity index (χ3n) is 2.51. The lowest BCUT2D eigenvalue weighted by Gasteiger charge is -2.20. The third kappa shape index (κ3) is 6.54. The summed E-state index contributed by atoms with van der Waals surface area (Å²) in [5.74, 6) is 0. The molecule has 0 unspecified atom stereocenters. The lowest BCUT2D eigenvalue weighted by atomic mass is 10.2. The second-order valence-electron chi connectivity index (χ2n) is 5.79. The minimum atomic E-state index is -0.511. The molecule has 0 radical (unpaired) electrons. The SMILES string of the molecule is CN(CCO)Cc1cccc(NC(=O)OC(C)(C)C)c1. The number of benzene rings is 1. The molecule has 0 heterocycles. The number of hydrogen-bond donors (Lipinski definition) is 2. The van der Waals surface area contributed by atoms with Crippen molar-refractivity contribution >= 4 is 11.8 Å². The molecule has 0 saturated heterocycles. The van der Waals surface area contributed by atoms with Crippen LogP contribution in [-0.2, 0) is 11.3 Å². The molecule has 0 bridgehead atoms. The zero-order valence-electron chi connectivity index (χ0n) is 12.6. The summed E-state index contributed by atoms with van der Waals surface area (Å²) in [7, 11) is 1.93. The molecule has 112 valence electrons. The Labute approximate surface area is 120 Å². The molecule has 0 aliphatic heterocycles. The van der Waals surface area contributed by atoms with E-state index in [-0.39, 0.29) is 6.61 Å². The molecule has 1 aromatic rings. The fraction of sp³-hybridized carbons (Fsp3) is 0.533. The number of aliphatic hydroxyl groups excluding tert-OH is 1. The van der Waals surface area contributed by atoms with Gasteiger partial charge in [0.05, 0.1) is 6.61 Å². The standard InChI is InChI=1S/C15H24N2O3/c1-15(2,3)20-14(19)16-13-7-5-6-12(10-13)11-17(4)8-9-18/h5-7,10,18H,8-9,11H2,1-4H3,(H,16,19). The normalized spacial score (nSPS) is 11.5. The summed E-state index contributed by atoms with van der Waals surface area (Å²) in [5, 5.41) is 11.6. The van der Waals surface area contributed by atoms with E-state index in [4.69, 9.17) is 9.84 Å². The lowest BCUT2D eigenvalue weighted by Crippen LogP contribution is -2.27. The zero-order valence-corrected chi connectivity index (χ0v) is 12.6.